The number of hydrogen-bond acceptors (Lipinski definition) is 2. The molecule has 11 heavy (non-hydrogen) atoms. The van der Waals surface area contributed by atoms with E-state index < -0.39 is 27.0 Å². The molecular formula is C6H5AsF2O2. The van der Waals surface area contributed by atoms with Gasteiger partial charge in [0.2, 0.25) is 0 Å². The number of rotatable bonds is 1. The van der Waals surface area contributed by atoms with Crippen LogP contribution in [-0.2, 0) is 0 Å². The minimum atomic E-state index is -3.13. The normalized spacial score (nSPS) is 10.6. The molecular weight excluding hydrogens is 217 g/mol. The van der Waals surface area contributed by atoms with Crippen LogP contribution in [0.15, 0.2) is 18.2 Å². The van der Waals surface area contributed by atoms with Gasteiger partial charge in [0.05, 0.1) is 0 Å². The van der Waals surface area contributed by atoms with Crippen LogP contribution in [0, 0.1) is 11.6 Å². The van der Waals surface area contributed by atoms with Gasteiger partial charge in [-0.2, -0.15) is 0 Å². The van der Waals surface area contributed by atoms with Crippen LogP contribution in [0.25, 0.3) is 0 Å². The van der Waals surface area contributed by atoms with Crippen LogP contribution in [0.4, 0.5) is 8.78 Å². The molecule has 0 aliphatic carbocycles. The standard InChI is InChI=1S/C6H5AsF2O2/c8-5-1-4(7(10)11)2-6(9)3-5/h1-3,10-11H. The topological polar surface area (TPSA) is 40.5 Å². The van der Waals surface area contributed by atoms with Gasteiger partial charge >= 0.3 is 66.5 Å². The first-order chi connectivity index (χ1) is 5.09. The Labute approximate surface area is 67.1 Å². The predicted octanol–water partition coefficient (Wildman–Crippen LogP) is -0.355. The summed E-state index contributed by atoms with van der Waals surface area (Å²) in [6.45, 7) is 0. The first-order valence-electron chi connectivity index (χ1n) is 2.73. The van der Waals surface area contributed by atoms with E-state index in [0.29, 0.717) is 6.07 Å². The zero-order valence-corrected chi connectivity index (χ0v) is 7.21. The average molecular weight is 222 g/mol. The first-order valence-corrected chi connectivity index (χ1v) is 5.35. The fourth-order valence-electron chi connectivity index (χ4n) is 0.655. The molecule has 1 rings (SSSR count). The van der Waals surface area contributed by atoms with Crippen molar-refractivity contribution in [2.75, 3.05) is 0 Å². The van der Waals surface area contributed by atoms with Crippen molar-refractivity contribution >= 4 is 19.7 Å². The molecule has 0 spiro atoms. The molecule has 5 heteroatoms. The summed E-state index contributed by atoms with van der Waals surface area (Å²) in [4.78, 5) is 0. The molecule has 0 unspecified atom stereocenters. The van der Waals surface area contributed by atoms with Crippen molar-refractivity contribution < 1.29 is 17.0 Å². The van der Waals surface area contributed by atoms with Gasteiger partial charge in [0.1, 0.15) is 0 Å². The molecule has 0 bridgehead atoms. The van der Waals surface area contributed by atoms with Crippen LogP contribution < -0.4 is 4.35 Å². The van der Waals surface area contributed by atoms with Gasteiger partial charge in [0.25, 0.3) is 0 Å². The maximum absolute atomic E-state index is 12.3. The van der Waals surface area contributed by atoms with Crippen LogP contribution in [0.1, 0.15) is 0 Å². The van der Waals surface area contributed by atoms with Gasteiger partial charge in [0.15, 0.2) is 0 Å². The summed E-state index contributed by atoms with van der Waals surface area (Å²) in [7, 11) is 0. The molecule has 0 amide bonds. The average Bonchev–Trinajstić information content (AvgIpc) is 1.85. The van der Waals surface area contributed by atoms with Gasteiger partial charge in [-0.15, -0.1) is 0 Å². The van der Waals surface area contributed by atoms with E-state index in [0.717, 1.165) is 12.1 Å². The molecule has 0 aliphatic heterocycles. The van der Waals surface area contributed by atoms with Gasteiger partial charge in [-0.25, -0.2) is 0 Å². The zero-order chi connectivity index (χ0) is 8.43. The Kier molecular flexibility index (Phi) is 2.60. The number of benzene rings is 1. The van der Waals surface area contributed by atoms with Crippen molar-refractivity contribution in [2.24, 2.45) is 0 Å². The van der Waals surface area contributed by atoms with E-state index >= 15 is 0 Å². The molecule has 1 aromatic rings. The summed E-state index contributed by atoms with van der Waals surface area (Å²) in [6.07, 6.45) is 0. The van der Waals surface area contributed by atoms with E-state index in [1.54, 1.807) is 0 Å². The van der Waals surface area contributed by atoms with Crippen molar-refractivity contribution in [3.8, 4) is 0 Å². The third-order valence-electron chi connectivity index (χ3n) is 1.08. The van der Waals surface area contributed by atoms with Crippen molar-refractivity contribution in [1.82, 2.24) is 0 Å². The summed E-state index contributed by atoms with van der Waals surface area (Å²) in [6, 6.07) is 2.52. The molecule has 0 saturated heterocycles. The predicted molar refractivity (Wildman–Crippen MR) is 36.2 cm³/mol. The zero-order valence-electron chi connectivity index (χ0n) is 5.33. The summed E-state index contributed by atoms with van der Waals surface area (Å²) < 4.78 is 41.9. The van der Waals surface area contributed by atoms with Crippen molar-refractivity contribution in [2.45, 2.75) is 0 Å². The molecule has 0 aromatic heterocycles. The van der Waals surface area contributed by atoms with E-state index in [9.17, 15) is 8.78 Å². The number of halogens is 2. The fourth-order valence-corrected chi connectivity index (χ4v) is 1.66. The van der Waals surface area contributed by atoms with Crippen LogP contribution in [0.2, 0.25) is 0 Å². The van der Waals surface area contributed by atoms with E-state index in [2.05, 4.69) is 0 Å². The Bertz CT molecular complexity index is 245. The minimum absolute atomic E-state index is 0.0463. The molecule has 0 aliphatic rings. The first kappa shape index (κ1) is 8.65. The second-order valence-corrected chi connectivity index (χ2v) is 4.22. The summed E-state index contributed by atoms with van der Waals surface area (Å²) >= 11 is -3.13. The second-order valence-electron chi connectivity index (χ2n) is 1.92. The molecule has 0 heterocycles. The van der Waals surface area contributed by atoms with Crippen molar-refractivity contribution in [1.29, 1.82) is 0 Å². The van der Waals surface area contributed by atoms with Gasteiger partial charge in [-0.1, -0.05) is 0 Å². The summed E-state index contributed by atoms with van der Waals surface area (Å²) in [5, 5.41) is 0. The Balaban J connectivity index is 3.08. The Morgan fingerprint density at radius 3 is 1.82 bits per heavy atom. The maximum atomic E-state index is 12.3. The quantitative estimate of drug-likeness (QED) is 0.637. The molecule has 0 radical (unpaired) electrons. The third kappa shape index (κ3) is 2.26. The van der Waals surface area contributed by atoms with Crippen LogP contribution in [0.5, 0.6) is 0 Å². The van der Waals surface area contributed by atoms with Gasteiger partial charge < -0.3 is 0 Å². The molecule has 1 aromatic carbocycles. The van der Waals surface area contributed by atoms with Crippen LogP contribution >= 0.6 is 0 Å². The molecule has 2 nitrogen and oxygen atoms in total. The van der Waals surface area contributed by atoms with Crippen LogP contribution in [-0.4, -0.2) is 23.5 Å². The van der Waals surface area contributed by atoms with E-state index in [4.69, 9.17) is 8.19 Å². The van der Waals surface area contributed by atoms with Crippen molar-refractivity contribution in [3.63, 3.8) is 0 Å². The van der Waals surface area contributed by atoms with Gasteiger partial charge in [-0.05, 0) is 0 Å². The molecule has 0 fully saturated rings. The van der Waals surface area contributed by atoms with E-state index in [1.165, 1.54) is 0 Å². The van der Waals surface area contributed by atoms with E-state index in [-0.39, 0.29) is 4.35 Å². The fraction of sp³-hybridized carbons (Fsp3) is 0. The molecule has 0 atom stereocenters. The van der Waals surface area contributed by atoms with E-state index in [1.807, 2.05) is 0 Å². The number of hydrogen-bond donors (Lipinski definition) is 2. The molecule has 0 saturated carbocycles. The molecule has 2 N–H and O–H groups in total. The molecule has 60 valence electrons. The monoisotopic (exact) mass is 222 g/mol. The summed E-state index contributed by atoms with van der Waals surface area (Å²) in [5.74, 6) is -1.58. The van der Waals surface area contributed by atoms with Gasteiger partial charge in [-0.3, -0.25) is 0 Å². The Hall–Kier alpha value is -0.442. The van der Waals surface area contributed by atoms with Crippen LogP contribution in [0.3, 0.4) is 0 Å². The third-order valence-corrected chi connectivity index (χ3v) is 2.59. The Morgan fingerprint density at radius 2 is 1.45 bits per heavy atom. The second kappa shape index (κ2) is 3.30. The SMILES string of the molecule is O[As](O)c1cc(F)cc(F)c1. The van der Waals surface area contributed by atoms with Gasteiger partial charge in [0, 0.05) is 0 Å². The van der Waals surface area contributed by atoms with Crippen molar-refractivity contribution in [3.05, 3.63) is 29.8 Å². The summed E-state index contributed by atoms with van der Waals surface area (Å²) in [5.41, 5.74) is 0. The Morgan fingerprint density at radius 1 is 1.00 bits per heavy atom.